The summed E-state index contributed by atoms with van der Waals surface area (Å²) in [5, 5.41) is 0. The van der Waals surface area contributed by atoms with Crippen molar-refractivity contribution in [3.63, 3.8) is 0 Å². The van der Waals surface area contributed by atoms with E-state index in [0.29, 0.717) is 6.61 Å². The molecule has 34 heavy (non-hydrogen) atoms. The second-order valence-corrected chi connectivity index (χ2v) is 10.1. The van der Waals surface area contributed by atoms with E-state index in [9.17, 15) is 4.79 Å². The normalized spacial score (nSPS) is 20.4. The summed E-state index contributed by atoms with van der Waals surface area (Å²) >= 11 is 0. The number of methoxy groups -OCH3 is 1. The van der Waals surface area contributed by atoms with Crippen LogP contribution in [0.15, 0.2) is 24.3 Å². The maximum absolute atomic E-state index is 11.9. The smallest absolute Gasteiger partial charge is 0.163 e. The van der Waals surface area contributed by atoms with Crippen LogP contribution in [0.25, 0.3) is 0 Å². The van der Waals surface area contributed by atoms with Gasteiger partial charge in [-0.05, 0) is 38.0 Å². The van der Waals surface area contributed by atoms with Gasteiger partial charge in [0.05, 0.1) is 19.8 Å². The molecule has 0 radical (unpaired) electrons. The van der Waals surface area contributed by atoms with E-state index in [1.165, 1.54) is 70.6 Å². The monoisotopic (exact) mass is 476 g/mol. The minimum Gasteiger partial charge on any atom is -0.497 e. The Kier molecular flexibility index (Phi) is 13.8. The Bertz CT molecular complexity index is 657. The lowest BCUT2D eigenvalue weighted by Crippen LogP contribution is -2.38. The topological polar surface area (TPSA) is 54.0 Å². The molecule has 5 nitrogen and oxygen atoms in total. The van der Waals surface area contributed by atoms with Crippen molar-refractivity contribution >= 4 is 6.29 Å². The summed E-state index contributed by atoms with van der Waals surface area (Å²) < 4.78 is 23.4. The molecule has 0 unspecified atom stereocenters. The van der Waals surface area contributed by atoms with E-state index in [-0.39, 0.29) is 12.2 Å². The van der Waals surface area contributed by atoms with Crippen LogP contribution in [0, 0.1) is 0 Å². The maximum Gasteiger partial charge on any atom is 0.163 e. The third kappa shape index (κ3) is 10.9. The predicted octanol–water partition coefficient (Wildman–Crippen LogP) is 7.39. The summed E-state index contributed by atoms with van der Waals surface area (Å²) in [6.45, 7) is 6.44. The SMILES string of the molecule is CCCCCCCCCCCCCC[C@H]1OC(C)(C)O[C@H]1[C@@H](C=O)OCc1ccc(OC)cc1. The summed E-state index contributed by atoms with van der Waals surface area (Å²) in [7, 11) is 1.64. The summed E-state index contributed by atoms with van der Waals surface area (Å²) in [6.07, 6.45) is 16.5. The predicted molar refractivity (Wildman–Crippen MR) is 137 cm³/mol. The van der Waals surface area contributed by atoms with Crippen molar-refractivity contribution in [2.45, 2.75) is 135 Å². The molecule has 0 saturated carbocycles. The number of rotatable bonds is 19. The molecule has 0 N–H and O–H groups in total. The fraction of sp³-hybridized carbons (Fsp3) is 0.759. The molecule has 1 saturated heterocycles. The molecule has 5 heteroatoms. The molecular formula is C29H48O5. The van der Waals surface area contributed by atoms with Crippen LogP contribution >= 0.6 is 0 Å². The van der Waals surface area contributed by atoms with Gasteiger partial charge in [0.15, 0.2) is 12.1 Å². The van der Waals surface area contributed by atoms with Crippen molar-refractivity contribution in [2.75, 3.05) is 7.11 Å². The van der Waals surface area contributed by atoms with Crippen LogP contribution < -0.4 is 4.74 Å². The highest BCUT2D eigenvalue weighted by Gasteiger charge is 2.45. The Hall–Kier alpha value is -1.43. The molecule has 0 bridgehead atoms. The molecule has 1 aromatic rings. The summed E-state index contributed by atoms with van der Waals surface area (Å²) in [4.78, 5) is 11.9. The molecule has 2 rings (SSSR count). The summed E-state index contributed by atoms with van der Waals surface area (Å²) in [6, 6.07) is 7.67. The molecular weight excluding hydrogens is 428 g/mol. The molecule has 1 aliphatic rings. The van der Waals surface area contributed by atoms with Gasteiger partial charge in [0, 0.05) is 0 Å². The number of hydrogen-bond acceptors (Lipinski definition) is 5. The first-order chi connectivity index (χ1) is 16.5. The van der Waals surface area contributed by atoms with Gasteiger partial charge in [-0.25, -0.2) is 0 Å². The second kappa shape index (κ2) is 16.3. The van der Waals surface area contributed by atoms with Crippen LogP contribution in [0.3, 0.4) is 0 Å². The molecule has 0 aromatic heterocycles. The first-order valence-electron chi connectivity index (χ1n) is 13.5. The molecule has 3 atom stereocenters. The standard InChI is InChI=1S/C29H48O5/c1-5-6-7-8-9-10-11-12-13-14-15-16-17-26-28(34-29(2,3)33-26)27(22-30)32-23-24-18-20-25(31-4)21-19-24/h18-22,26-28H,5-17,23H2,1-4H3/t26-,27-,28-/m1/s1. The van der Waals surface area contributed by atoms with Gasteiger partial charge in [-0.1, -0.05) is 96.1 Å². The van der Waals surface area contributed by atoms with Crippen LogP contribution in [0.1, 0.15) is 110 Å². The van der Waals surface area contributed by atoms with Crippen molar-refractivity contribution in [1.29, 1.82) is 0 Å². The fourth-order valence-corrected chi connectivity index (χ4v) is 4.68. The third-order valence-electron chi connectivity index (χ3n) is 6.62. The Balaban J connectivity index is 1.67. The van der Waals surface area contributed by atoms with E-state index in [4.69, 9.17) is 18.9 Å². The Morgan fingerprint density at radius 1 is 0.882 bits per heavy atom. The van der Waals surface area contributed by atoms with Crippen LogP contribution in [0.4, 0.5) is 0 Å². The Morgan fingerprint density at radius 2 is 1.44 bits per heavy atom. The molecule has 1 aromatic carbocycles. The number of ether oxygens (including phenoxy) is 4. The Morgan fingerprint density at radius 3 is 1.97 bits per heavy atom. The molecule has 194 valence electrons. The van der Waals surface area contributed by atoms with Gasteiger partial charge in [-0.15, -0.1) is 0 Å². The number of unbranched alkanes of at least 4 members (excludes halogenated alkanes) is 11. The van der Waals surface area contributed by atoms with Crippen LogP contribution in [0.2, 0.25) is 0 Å². The van der Waals surface area contributed by atoms with E-state index < -0.39 is 11.9 Å². The van der Waals surface area contributed by atoms with Gasteiger partial charge in [0.25, 0.3) is 0 Å². The number of carbonyl (C=O) groups excluding carboxylic acids is 1. The first-order valence-corrected chi connectivity index (χ1v) is 13.5. The van der Waals surface area contributed by atoms with Crippen LogP contribution in [-0.4, -0.2) is 37.5 Å². The van der Waals surface area contributed by atoms with Gasteiger partial charge in [-0.2, -0.15) is 0 Å². The van der Waals surface area contributed by atoms with Crippen molar-refractivity contribution in [3.05, 3.63) is 29.8 Å². The summed E-state index contributed by atoms with van der Waals surface area (Å²) in [5.41, 5.74) is 0.989. The highest BCUT2D eigenvalue weighted by Crippen LogP contribution is 2.33. The number of benzene rings is 1. The first kappa shape index (κ1) is 28.8. The molecule has 1 fully saturated rings. The zero-order valence-corrected chi connectivity index (χ0v) is 22.1. The summed E-state index contributed by atoms with van der Waals surface area (Å²) in [5.74, 6) is 0.101. The van der Waals surface area contributed by atoms with E-state index in [0.717, 1.165) is 30.4 Å². The van der Waals surface area contributed by atoms with E-state index in [2.05, 4.69) is 6.92 Å². The zero-order valence-electron chi connectivity index (χ0n) is 22.1. The average molecular weight is 477 g/mol. The van der Waals surface area contributed by atoms with Gasteiger partial charge < -0.3 is 23.7 Å². The highest BCUT2D eigenvalue weighted by molar-refractivity contribution is 5.57. The molecule has 0 aliphatic carbocycles. The van der Waals surface area contributed by atoms with E-state index in [1.807, 2.05) is 38.1 Å². The zero-order chi connectivity index (χ0) is 24.7. The molecule has 0 spiro atoms. The highest BCUT2D eigenvalue weighted by atomic mass is 16.8. The van der Waals surface area contributed by atoms with Crippen LogP contribution in [-0.2, 0) is 25.6 Å². The lowest BCUT2D eigenvalue weighted by molar-refractivity contribution is -0.162. The van der Waals surface area contributed by atoms with Gasteiger partial charge in [0.2, 0.25) is 0 Å². The lowest BCUT2D eigenvalue weighted by Gasteiger charge is -2.23. The molecule has 1 heterocycles. The number of hydrogen-bond donors (Lipinski definition) is 0. The third-order valence-corrected chi connectivity index (χ3v) is 6.62. The van der Waals surface area contributed by atoms with E-state index in [1.54, 1.807) is 7.11 Å². The number of aldehydes is 1. The van der Waals surface area contributed by atoms with Gasteiger partial charge in [0.1, 0.15) is 18.0 Å². The second-order valence-electron chi connectivity index (χ2n) is 10.1. The Labute approximate surface area is 207 Å². The maximum atomic E-state index is 11.9. The minimum atomic E-state index is -0.697. The average Bonchev–Trinajstić information content (AvgIpc) is 3.14. The van der Waals surface area contributed by atoms with E-state index >= 15 is 0 Å². The van der Waals surface area contributed by atoms with Gasteiger partial charge >= 0.3 is 0 Å². The lowest BCUT2D eigenvalue weighted by atomic mass is 10.0. The molecule has 1 aliphatic heterocycles. The quantitative estimate of drug-likeness (QED) is 0.154. The fourth-order valence-electron chi connectivity index (χ4n) is 4.68. The van der Waals surface area contributed by atoms with Crippen molar-refractivity contribution < 1.29 is 23.7 Å². The molecule has 0 amide bonds. The van der Waals surface area contributed by atoms with Crippen molar-refractivity contribution in [2.24, 2.45) is 0 Å². The van der Waals surface area contributed by atoms with Crippen molar-refractivity contribution in [1.82, 2.24) is 0 Å². The minimum absolute atomic E-state index is 0.121. The largest absolute Gasteiger partial charge is 0.497 e. The van der Waals surface area contributed by atoms with Crippen LogP contribution in [0.5, 0.6) is 5.75 Å². The van der Waals surface area contributed by atoms with Crippen molar-refractivity contribution in [3.8, 4) is 5.75 Å². The van der Waals surface area contributed by atoms with Gasteiger partial charge in [-0.3, -0.25) is 0 Å². The number of carbonyl (C=O) groups is 1.